The number of hydrogen-bond donors (Lipinski definition) is 2. The van der Waals surface area contributed by atoms with E-state index in [1.165, 1.54) is 0 Å². The Morgan fingerprint density at radius 1 is 1.37 bits per heavy atom. The molecule has 1 aromatic rings. The second kappa shape index (κ2) is 6.33. The number of benzene rings is 1. The smallest absolute Gasteiger partial charge is 0.328 e. The summed E-state index contributed by atoms with van der Waals surface area (Å²) in [4.78, 5) is 23.7. The molecular weight excluding hydrogens is 248 g/mol. The molecule has 5 heteroatoms. The molecule has 0 radical (unpaired) electrons. The molecule has 0 fully saturated rings. The molecule has 5 nitrogen and oxygen atoms in total. The van der Waals surface area contributed by atoms with Gasteiger partial charge in [0.25, 0.3) is 0 Å². The largest absolute Gasteiger partial charge is 0.480 e. The molecular formula is C14H18O5. The van der Waals surface area contributed by atoms with Crippen LogP contribution >= 0.6 is 0 Å². The zero-order valence-electron chi connectivity index (χ0n) is 11.0. The second-order valence-corrected chi connectivity index (χ2v) is 4.27. The Hall–Kier alpha value is -1.88. The molecule has 1 aromatic carbocycles. The minimum absolute atomic E-state index is 0.0884. The standard InChI is InChI=1S/C14H18O5/c1-3-19-13(18)14(7-8-15,12(16)17)11-6-4-5-10(2)9-11/h4-6,9,15H,3,7-8H2,1-2H3,(H,16,17). The number of ether oxygens (including phenoxy) is 1. The van der Waals surface area contributed by atoms with Crippen molar-refractivity contribution >= 4 is 11.9 Å². The average molecular weight is 266 g/mol. The molecule has 0 spiro atoms. The lowest BCUT2D eigenvalue weighted by molar-refractivity contribution is -0.162. The Morgan fingerprint density at radius 3 is 2.53 bits per heavy atom. The first kappa shape index (κ1) is 15.2. The Kier molecular flexibility index (Phi) is 5.06. The number of carbonyl (C=O) groups excluding carboxylic acids is 1. The van der Waals surface area contributed by atoms with Gasteiger partial charge < -0.3 is 14.9 Å². The van der Waals surface area contributed by atoms with Gasteiger partial charge >= 0.3 is 11.9 Å². The number of carboxylic acids is 1. The van der Waals surface area contributed by atoms with Crippen LogP contribution in [-0.2, 0) is 19.7 Å². The van der Waals surface area contributed by atoms with Gasteiger partial charge in [-0.05, 0) is 19.4 Å². The van der Waals surface area contributed by atoms with Crippen LogP contribution in [-0.4, -0.2) is 35.4 Å². The molecule has 104 valence electrons. The highest BCUT2D eigenvalue weighted by Gasteiger charge is 2.49. The number of esters is 1. The zero-order chi connectivity index (χ0) is 14.5. The third-order valence-corrected chi connectivity index (χ3v) is 2.99. The molecule has 0 saturated carbocycles. The van der Waals surface area contributed by atoms with E-state index < -0.39 is 24.0 Å². The van der Waals surface area contributed by atoms with Gasteiger partial charge in [-0.3, -0.25) is 9.59 Å². The summed E-state index contributed by atoms with van der Waals surface area (Å²) >= 11 is 0. The number of aryl methyl sites for hydroxylation is 1. The van der Waals surface area contributed by atoms with Gasteiger partial charge in [0.1, 0.15) is 0 Å². The fourth-order valence-electron chi connectivity index (χ4n) is 2.01. The van der Waals surface area contributed by atoms with Crippen molar-refractivity contribution in [3.63, 3.8) is 0 Å². The maximum Gasteiger partial charge on any atom is 0.328 e. The number of rotatable bonds is 6. The first-order valence-corrected chi connectivity index (χ1v) is 6.07. The van der Waals surface area contributed by atoms with E-state index in [1.54, 1.807) is 38.1 Å². The zero-order valence-corrected chi connectivity index (χ0v) is 11.0. The van der Waals surface area contributed by atoms with Gasteiger partial charge in [-0.1, -0.05) is 29.8 Å². The van der Waals surface area contributed by atoms with Crippen LogP contribution in [0.3, 0.4) is 0 Å². The first-order chi connectivity index (χ1) is 8.98. The summed E-state index contributed by atoms with van der Waals surface area (Å²) in [6, 6.07) is 6.67. The Bertz CT molecular complexity index is 469. The molecule has 0 aliphatic rings. The molecule has 19 heavy (non-hydrogen) atoms. The van der Waals surface area contributed by atoms with Crippen LogP contribution in [0.4, 0.5) is 0 Å². The fraction of sp³-hybridized carbons (Fsp3) is 0.429. The van der Waals surface area contributed by atoms with E-state index in [2.05, 4.69) is 0 Å². The Balaban J connectivity index is 3.39. The van der Waals surface area contributed by atoms with Gasteiger partial charge in [0.2, 0.25) is 0 Å². The average Bonchev–Trinajstić information content (AvgIpc) is 2.35. The first-order valence-electron chi connectivity index (χ1n) is 6.07. The maximum atomic E-state index is 12.1. The Morgan fingerprint density at radius 2 is 2.05 bits per heavy atom. The van der Waals surface area contributed by atoms with Crippen molar-refractivity contribution in [3.05, 3.63) is 35.4 Å². The normalized spacial score (nSPS) is 13.6. The van der Waals surface area contributed by atoms with E-state index in [9.17, 15) is 14.7 Å². The van der Waals surface area contributed by atoms with Crippen LogP contribution in [0.5, 0.6) is 0 Å². The molecule has 0 saturated heterocycles. The number of aliphatic hydroxyl groups excluding tert-OH is 1. The van der Waals surface area contributed by atoms with Crippen molar-refractivity contribution in [3.8, 4) is 0 Å². The lowest BCUT2D eigenvalue weighted by atomic mass is 9.77. The lowest BCUT2D eigenvalue weighted by Crippen LogP contribution is -2.45. The highest BCUT2D eigenvalue weighted by Crippen LogP contribution is 2.31. The van der Waals surface area contributed by atoms with Crippen molar-refractivity contribution < 1.29 is 24.5 Å². The van der Waals surface area contributed by atoms with Crippen LogP contribution in [0.2, 0.25) is 0 Å². The number of carbonyl (C=O) groups is 2. The van der Waals surface area contributed by atoms with Crippen molar-refractivity contribution in [2.75, 3.05) is 13.2 Å². The molecule has 0 aliphatic carbocycles. The molecule has 0 heterocycles. The SMILES string of the molecule is CCOC(=O)C(CCO)(C(=O)O)c1cccc(C)c1. The van der Waals surface area contributed by atoms with E-state index in [4.69, 9.17) is 9.84 Å². The molecule has 1 atom stereocenters. The number of aliphatic hydroxyl groups is 1. The Labute approximate surface area is 111 Å². The predicted octanol–water partition coefficient (Wildman–Crippen LogP) is 1.26. The van der Waals surface area contributed by atoms with E-state index in [1.807, 2.05) is 0 Å². The monoisotopic (exact) mass is 266 g/mol. The predicted molar refractivity (Wildman–Crippen MR) is 68.8 cm³/mol. The van der Waals surface area contributed by atoms with Gasteiger partial charge in [0.15, 0.2) is 5.41 Å². The van der Waals surface area contributed by atoms with Gasteiger partial charge in [-0.2, -0.15) is 0 Å². The van der Waals surface area contributed by atoms with E-state index >= 15 is 0 Å². The molecule has 2 N–H and O–H groups in total. The molecule has 0 aliphatic heterocycles. The number of carboxylic acid groups (broad SMARTS) is 1. The summed E-state index contributed by atoms with van der Waals surface area (Å²) in [5, 5.41) is 18.6. The summed E-state index contributed by atoms with van der Waals surface area (Å²) in [6.07, 6.45) is -0.218. The summed E-state index contributed by atoms with van der Waals surface area (Å²) in [5.41, 5.74) is -0.686. The molecule has 1 rings (SSSR count). The minimum atomic E-state index is -1.85. The van der Waals surface area contributed by atoms with Crippen LogP contribution in [0.15, 0.2) is 24.3 Å². The molecule has 0 bridgehead atoms. The maximum absolute atomic E-state index is 12.1. The van der Waals surface area contributed by atoms with Crippen molar-refractivity contribution in [2.24, 2.45) is 0 Å². The van der Waals surface area contributed by atoms with Crippen molar-refractivity contribution in [1.82, 2.24) is 0 Å². The molecule has 0 aromatic heterocycles. The molecule has 0 amide bonds. The molecule has 1 unspecified atom stereocenters. The summed E-state index contributed by atoms with van der Waals surface area (Å²) < 4.78 is 4.88. The number of hydrogen-bond acceptors (Lipinski definition) is 4. The van der Waals surface area contributed by atoms with E-state index in [-0.39, 0.29) is 13.0 Å². The fourth-order valence-corrected chi connectivity index (χ4v) is 2.01. The van der Waals surface area contributed by atoms with Crippen LogP contribution < -0.4 is 0 Å². The minimum Gasteiger partial charge on any atom is -0.480 e. The highest BCUT2D eigenvalue weighted by molar-refractivity contribution is 6.05. The van der Waals surface area contributed by atoms with Crippen molar-refractivity contribution in [1.29, 1.82) is 0 Å². The van der Waals surface area contributed by atoms with Crippen LogP contribution in [0.25, 0.3) is 0 Å². The third kappa shape index (κ3) is 2.93. The second-order valence-electron chi connectivity index (χ2n) is 4.27. The summed E-state index contributed by atoms with van der Waals surface area (Å²) in [6.45, 7) is 3.09. The van der Waals surface area contributed by atoms with Gasteiger partial charge in [0.05, 0.1) is 6.61 Å². The topological polar surface area (TPSA) is 83.8 Å². The summed E-state index contributed by atoms with van der Waals surface area (Å²) in [7, 11) is 0. The number of aliphatic carboxylic acids is 1. The van der Waals surface area contributed by atoms with Gasteiger partial charge in [-0.25, -0.2) is 0 Å². The van der Waals surface area contributed by atoms with Gasteiger partial charge in [0, 0.05) is 13.0 Å². The highest BCUT2D eigenvalue weighted by atomic mass is 16.5. The summed E-state index contributed by atoms with van der Waals surface area (Å²) in [5.74, 6) is -2.16. The lowest BCUT2D eigenvalue weighted by Gasteiger charge is -2.27. The van der Waals surface area contributed by atoms with E-state index in [0.29, 0.717) is 5.56 Å². The van der Waals surface area contributed by atoms with Gasteiger partial charge in [-0.15, -0.1) is 0 Å². The van der Waals surface area contributed by atoms with Crippen LogP contribution in [0.1, 0.15) is 24.5 Å². The third-order valence-electron chi connectivity index (χ3n) is 2.99. The van der Waals surface area contributed by atoms with E-state index in [0.717, 1.165) is 5.56 Å². The quantitative estimate of drug-likeness (QED) is 0.598. The van der Waals surface area contributed by atoms with Crippen LogP contribution in [0, 0.1) is 6.92 Å². The van der Waals surface area contributed by atoms with Crippen molar-refractivity contribution in [2.45, 2.75) is 25.7 Å².